The molecule has 4 N–H and O–H groups in total. The number of rotatable bonds is 14. The van der Waals surface area contributed by atoms with Crippen molar-refractivity contribution in [2.24, 2.45) is 0 Å². The van der Waals surface area contributed by atoms with Gasteiger partial charge in [-0.2, -0.15) is 0 Å². The van der Waals surface area contributed by atoms with Crippen molar-refractivity contribution in [2.45, 2.75) is 44.7 Å². The van der Waals surface area contributed by atoms with Gasteiger partial charge in [0.05, 0.1) is 11.6 Å². The Kier molecular flexibility index (Phi) is 11.0. The van der Waals surface area contributed by atoms with E-state index >= 15 is 0 Å². The average Bonchev–Trinajstić information content (AvgIpc) is 3.70. The second-order valence-electron chi connectivity index (χ2n) is 10.6. The number of anilines is 3. The van der Waals surface area contributed by atoms with Crippen molar-refractivity contribution in [3.05, 3.63) is 88.7 Å². The molecule has 3 aromatic carbocycles. The largest absolute Gasteiger partial charge is 0.491 e. The molecule has 0 saturated carbocycles. The summed E-state index contributed by atoms with van der Waals surface area (Å²) in [5.74, 6) is -0.494. The zero-order valence-electron chi connectivity index (χ0n) is 25.0. The van der Waals surface area contributed by atoms with Crippen molar-refractivity contribution in [3.8, 4) is 5.75 Å². The van der Waals surface area contributed by atoms with E-state index in [-0.39, 0.29) is 31.3 Å². The number of urea groups is 1. The lowest BCUT2D eigenvalue weighted by Crippen LogP contribution is -2.35. The van der Waals surface area contributed by atoms with Crippen LogP contribution in [0.15, 0.2) is 73.1 Å². The van der Waals surface area contributed by atoms with Gasteiger partial charge in [0, 0.05) is 46.8 Å². The number of nitrogens with one attached hydrogen (secondary N) is 4. The van der Waals surface area contributed by atoms with E-state index < -0.39 is 5.79 Å². The van der Waals surface area contributed by atoms with E-state index in [1.807, 2.05) is 62.4 Å². The fourth-order valence-corrected chi connectivity index (χ4v) is 5.21. The molecule has 2 heterocycles. The molecule has 0 aliphatic carbocycles. The normalized spacial score (nSPS) is 18.3. The predicted molar refractivity (Wildman–Crippen MR) is 174 cm³/mol. The van der Waals surface area contributed by atoms with Crippen LogP contribution in [0.1, 0.15) is 25.8 Å². The third-order valence-electron chi connectivity index (χ3n) is 7.17. The molecule has 0 radical (unpaired) electrons. The van der Waals surface area contributed by atoms with E-state index in [1.54, 1.807) is 18.2 Å². The molecule has 3 atom stereocenters. The molecule has 1 fully saturated rings. The number of nitrogens with zero attached hydrogens (tertiary/aromatic N) is 4. The third-order valence-corrected chi connectivity index (χ3v) is 7.72. The number of benzene rings is 3. The van der Waals surface area contributed by atoms with Crippen molar-refractivity contribution in [2.75, 3.05) is 42.3 Å². The summed E-state index contributed by atoms with van der Waals surface area (Å²) >= 11 is 12.6. The lowest BCUT2D eigenvalue weighted by molar-refractivity contribution is -0.190. The van der Waals surface area contributed by atoms with E-state index in [4.69, 9.17) is 37.4 Å². The Balaban J connectivity index is 1.06. The maximum absolute atomic E-state index is 12.0. The molecule has 2 amide bonds. The molecule has 238 valence electrons. The number of halogens is 2. The monoisotopic (exact) mass is 654 g/mol. The highest BCUT2D eigenvalue weighted by Crippen LogP contribution is 2.40. The van der Waals surface area contributed by atoms with Gasteiger partial charge in [0.15, 0.2) is 0 Å². The van der Waals surface area contributed by atoms with E-state index in [0.29, 0.717) is 41.1 Å². The molecule has 45 heavy (non-hydrogen) atoms. The minimum atomic E-state index is -1.20. The number of aromatic nitrogens is 4. The molecule has 1 aliphatic rings. The van der Waals surface area contributed by atoms with Crippen LogP contribution in [0.4, 0.5) is 21.9 Å². The van der Waals surface area contributed by atoms with E-state index in [0.717, 1.165) is 23.5 Å². The summed E-state index contributed by atoms with van der Waals surface area (Å²) in [7, 11) is 0. The SMILES string of the molecule is CCC(C)NC(=O)Nc1ccc(NCCNc2ccc(OC[C@@H]3CO[C@@](Cn4cnnn4)(c4ccc(Cl)cc4Cl)O3)cc2)cc1. The Morgan fingerprint density at radius 2 is 1.73 bits per heavy atom. The van der Waals surface area contributed by atoms with Gasteiger partial charge in [0.1, 0.15) is 31.3 Å². The van der Waals surface area contributed by atoms with Gasteiger partial charge in [0.25, 0.3) is 0 Å². The Hall–Kier alpha value is -4.10. The Morgan fingerprint density at radius 3 is 2.38 bits per heavy atom. The fourth-order valence-electron chi connectivity index (χ4n) is 4.66. The van der Waals surface area contributed by atoms with Crippen LogP contribution < -0.4 is 26.0 Å². The van der Waals surface area contributed by atoms with Crippen molar-refractivity contribution >= 4 is 46.3 Å². The lowest BCUT2D eigenvalue weighted by atomic mass is 10.1. The molecular formula is C31H36Cl2N8O4. The highest BCUT2D eigenvalue weighted by molar-refractivity contribution is 6.35. The van der Waals surface area contributed by atoms with Crippen molar-refractivity contribution in [1.82, 2.24) is 25.5 Å². The minimum Gasteiger partial charge on any atom is -0.491 e. The van der Waals surface area contributed by atoms with Crippen LogP contribution in [-0.2, 0) is 21.8 Å². The van der Waals surface area contributed by atoms with Crippen molar-refractivity contribution in [1.29, 1.82) is 0 Å². The van der Waals surface area contributed by atoms with Crippen LogP contribution in [0, 0.1) is 0 Å². The number of hydrogen-bond donors (Lipinski definition) is 4. The number of tetrazole rings is 1. The maximum Gasteiger partial charge on any atom is 0.319 e. The number of hydrogen-bond acceptors (Lipinski definition) is 9. The van der Waals surface area contributed by atoms with Gasteiger partial charge >= 0.3 is 6.03 Å². The van der Waals surface area contributed by atoms with Crippen LogP contribution in [0.3, 0.4) is 0 Å². The second-order valence-corrected chi connectivity index (χ2v) is 11.5. The minimum absolute atomic E-state index is 0.127. The Morgan fingerprint density at radius 1 is 1.04 bits per heavy atom. The van der Waals surface area contributed by atoms with Crippen molar-refractivity contribution in [3.63, 3.8) is 0 Å². The van der Waals surface area contributed by atoms with Gasteiger partial charge in [-0.25, -0.2) is 9.48 Å². The quantitative estimate of drug-likeness (QED) is 0.125. The summed E-state index contributed by atoms with van der Waals surface area (Å²) in [6, 6.07) is 20.4. The second kappa shape index (κ2) is 15.3. The third kappa shape index (κ3) is 8.98. The molecule has 0 spiro atoms. The number of carbonyl (C=O) groups is 1. The lowest BCUT2D eigenvalue weighted by Gasteiger charge is -2.29. The molecule has 1 aliphatic heterocycles. The Bertz CT molecular complexity index is 1530. The highest BCUT2D eigenvalue weighted by atomic mass is 35.5. The van der Waals surface area contributed by atoms with Gasteiger partial charge in [0.2, 0.25) is 5.79 Å². The molecule has 12 nitrogen and oxygen atoms in total. The van der Waals surface area contributed by atoms with E-state index in [1.165, 1.54) is 11.0 Å². The molecule has 1 saturated heterocycles. The highest BCUT2D eigenvalue weighted by Gasteiger charge is 2.45. The maximum atomic E-state index is 12.0. The first kappa shape index (κ1) is 32.3. The Labute approximate surface area is 271 Å². The zero-order chi connectivity index (χ0) is 31.6. The molecular weight excluding hydrogens is 619 g/mol. The van der Waals surface area contributed by atoms with Crippen molar-refractivity contribution < 1.29 is 19.0 Å². The van der Waals surface area contributed by atoms with E-state index in [2.05, 4.69) is 36.8 Å². The summed E-state index contributed by atoms with van der Waals surface area (Å²) in [5.41, 5.74) is 3.30. The van der Waals surface area contributed by atoms with Crippen LogP contribution in [0.2, 0.25) is 10.0 Å². The summed E-state index contributed by atoms with van der Waals surface area (Å²) in [6.07, 6.45) is 2.01. The molecule has 0 bridgehead atoms. The first-order chi connectivity index (χ1) is 21.8. The summed E-state index contributed by atoms with van der Waals surface area (Å²) in [5, 5.41) is 24.8. The van der Waals surface area contributed by atoms with E-state index in [9.17, 15) is 4.79 Å². The van der Waals surface area contributed by atoms with Crippen LogP contribution in [0.25, 0.3) is 0 Å². The standard InChI is InChI=1S/C31H36Cl2N8O4/c1-3-21(2)37-30(42)38-25-7-5-23(6-8-25)34-14-15-35-24-9-11-26(12-10-24)43-17-27-18-44-31(45-27,19-41-20-36-39-40-41)28-13-4-22(32)16-29(28)33/h4-13,16,20-21,27,34-35H,3,14-15,17-19H2,1-2H3,(H2,37,38,42)/t21?,27-,31-/m1/s1. The van der Waals surface area contributed by atoms with Gasteiger partial charge in [-0.3, -0.25) is 0 Å². The molecule has 1 unspecified atom stereocenters. The smallest absolute Gasteiger partial charge is 0.319 e. The molecule has 4 aromatic rings. The zero-order valence-corrected chi connectivity index (χ0v) is 26.5. The topological polar surface area (TPSA) is 136 Å². The summed E-state index contributed by atoms with van der Waals surface area (Å²) < 4.78 is 20.1. The molecule has 5 rings (SSSR count). The number of amides is 2. The van der Waals surface area contributed by atoms with Crippen LogP contribution >= 0.6 is 23.2 Å². The molecule has 1 aromatic heterocycles. The van der Waals surface area contributed by atoms with Crippen LogP contribution in [-0.4, -0.2) is 64.7 Å². The van der Waals surface area contributed by atoms with Gasteiger partial charge < -0.3 is 35.5 Å². The summed E-state index contributed by atoms with van der Waals surface area (Å²) in [6.45, 7) is 6.19. The molecule has 14 heteroatoms. The predicted octanol–water partition coefficient (Wildman–Crippen LogP) is 5.77. The number of ether oxygens (including phenoxy) is 3. The van der Waals surface area contributed by atoms with Gasteiger partial charge in [-0.15, -0.1) is 5.10 Å². The number of carbonyl (C=O) groups excluding carboxylic acids is 1. The van der Waals surface area contributed by atoms with Gasteiger partial charge in [-0.1, -0.05) is 36.2 Å². The fraction of sp³-hybridized carbons (Fsp3) is 0.355. The first-order valence-electron chi connectivity index (χ1n) is 14.7. The van der Waals surface area contributed by atoms with Crippen LogP contribution in [0.5, 0.6) is 5.75 Å². The summed E-state index contributed by atoms with van der Waals surface area (Å²) in [4.78, 5) is 12.0. The van der Waals surface area contributed by atoms with Gasteiger partial charge in [-0.05, 0) is 84.4 Å². The first-order valence-corrected chi connectivity index (χ1v) is 15.4. The average molecular weight is 656 g/mol.